The van der Waals surface area contributed by atoms with Crippen molar-refractivity contribution in [3.05, 3.63) is 41.0 Å². The Balaban J connectivity index is 3.42. The van der Waals surface area contributed by atoms with Crippen molar-refractivity contribution in [2.45, 2.75) is 18.5 Å². The van der Waals surface area contributed by atoms with Gasteiger partial charge in [0.05, 0.1) is 11.1 Å². The van der Waals surface area contributed by atoms with Crippen LogP contribution in [-0.4, -0.2) is 17.1 Å². The van der Waals surface area contributed by atoms with Crippen LogP contribution in [0.5, 0.6) is 0 Å². The molecule has 0 aliphatic carbocycles. The number of hydrogen-bond donors (Lipinski definition) is 1. The molecule has 1 rings (SSSR count). The first-order chi connectivity index (χ1) is 10.1. The second-order valence-corrected chi connectivity index (χ2v) is 4.15. The van der Waals surface area contributed by atoms with E-state index in [0.29, 0.717) is 6.07 Å². The molecule has 0 amide bonds. The third kappa shape index (κ3) is 4.63. The highest BCUT2D eigenvalue weighted by Gasteiger charge is 2.43. The third-order valence-electron chi connectivity index (χ3n) is 2.47. The molecule has 128 valence electrons. The van der Waals surface area contributed by atoms with Gasteiger partial charge in [-0.05, 0) is 12.1 Å². The fourth-order valence-corrected chi connectivity index (χ4v) is 1.47. The van der Waals surface area contributed by atoms with Gasteiger partial charge in [-0.15, -0.1) is 0 Å². The molecule has 0 radical (unpaired) electrons. The molecule has 0 unspecified atom stereocenters. The summed E-state index contributed by atoms with van der Waals surface area (Å²) in [7, 11) is 0. The zero-order valence-corrected chi connectivity index (χ0v) is 10.6. The van der Waals surface area contributed by atoms with Crippen LogP contribution in [-0.2, 0) is 17.1 Å². The first-order valence-corrected chi connectivity index (χ1v) is 5.44. The lowest BCUT2D eigenvalue weighted by Gasteiger charge is -2.16. The van der Waals surface area contributed by atoms with E-state index in [-0.39, 0.29) is 12.1 Å². The van der Waals surface area contributed by atoms with E-state index in [4.69, 9.17) is 0 Å². The van der Waals surface area contributed by atoms with Gasteiger partial charge in [-0.2, -0.15) is 39.5 Å². The monoisotopic (exact) mass is 352 g/mol. The molecule has 0 heterocycles. The Hall–Kier alpha value is -2.20. The van der Waals surface area contributed by atoms with Crippen molar-refractivity contribution in [1.82, 2.24) is 0 Å². The number of ketones is 1. The molecule has 1 aromatic rings. The van der Waals surface area contributed by atoms with Gasteiger partial charge in [-0.3, -0.25) is 4.79 Å². The number of carbonyl (C=O) groups excluding carboxylic acids is 1. The van der Waals surface area contributed by atoms with Crippen LogP contribution in [0.25, 0.3) is 5.76 Å². The SMILES string of the molecule is O=C(/C=C(\O)c1ccc(C(F)(F)F)c(C(F)(F)F)c1)C(F)(F)F. The normalized spacial score (nSPS) is 14.0. The number of hydrogen-bond acceptors (Lipinski definition) is 2. The second-order valence-electron chi connectivity index (χ2n) is 4.15. The van der Waals surface area contributed by atoms with Gasteiger partial charge in [-0.25, -0.2) is 0 Å². The van der Waals surface area contributed by atoms with Crippen LogP contribution in [0, 0.1) is 0 Å². The summed E-state index contributed by atoms with van der Waals surface area (Å²) >= 11 is 0. The van der Waals surface area contributed by atoms with E-state index in [0.717, 1.165) is 0 Å². The van der Waals surface area contributed by atoms with Crippen LogP contribution in [0.1, 0.15) is 16.7 Å². The van der Waals surface area contributed by atoms with Crippen LogP contribution >= 0.6 is 0 Å². The quantitative estimate of drug-likeness (QED) is 0.474. The minimum absolute atomic E-state index is 0.0553. The predicted molar refractivity (Wildman–Crippen MR) is 58.1 cm³/mol. The largest absolute Gasteiger partial charge is 0.507 e. The van der Waals surface area contributed by atoms with Crippen molar-refractivity contribution >= 4 is 11.5 Å². The summed E-state index contributed by atoms with van der Waals surface area (Å²) in [5, 5.41) is 9.23. The highest BCUT2D eigenvalue weighted by atomic mass is 19.4. The molecule has 0 fully saturated rings. The van der Waals surface area contributed by atoms with E-state index in [9.17, 15) is 49.4 Å². The number of halogens is 9. The molecule has 0 saturated heterocycles. The summed E-state index contributed by atoms with van der Waals surface area (Å²) in [6.07, 6.45) is -16.7. The highest BCUT2D eigenvalue weighted by Crippen LogP contribution is 2.41. The molecule has 0 aromatic heterocycles. The van der Waals surface area contributed by atoms with E-state index < -0.39 is 52.8 Å². The van der Waals surface area contributed by atoms with Crippen LogP contribution in [0.3, 0.4) is 0 Å². The molecular formula is C12H5F9O2. The van der Waals surface area contributed by atoms with E-state index in [1.54, 1.807) is 0 Å². The van der Waals surface area contributed by atoms with Crippen molar-refractivity contribution in [3.8, 4) is 0 Å². The summed E-state index contributed by atoms with van der Waals surface area (Å²) in [5.41, 5.74) is -5.31. The molecule has 0 atom stereocenters. The van der Waals surface area contributed by atoms with Gasteiger partial charge in [-0.1, -0.05) is 6.07 Å². The van der Waals surface area contributed by atoms with E-state index in [2.05, 4.69) is 0 Å². The zero-order valence-electron chi connectivity index (χ0n) is 10.6. The van der Waals surface area contributed by atoms with Crippen LogP contribution in [0.4, 0.5) is 39.5 Å². The van der Waals surface area contributed by atoms with Gasteiger partial charge < -0.3 is 5.11 Å². The van der Waals surface area contributed by atoms with Crippen molar-refractivity contribution in [2.75, 3.05) is 0 Å². The maximum atomic E-state index is 12.6. The Labute approximate surface area is 121 Å². The van der Waals surface area contributed by atoms with Gasteiger partial charge >= 0.3 is 18.5 Å². The second kappa shape index (κ2) is 5.78. The number of aliphatic hydroxyl groups is 1. The molecule has 0 bridgehead atoms. The smallest absolute Gasteiger partial charge is 0.454 e. The third-order valence-corrected chi connectivity index (χ3v) is 2.47. The molecule has 1 N–H and O–H groups in total. The van der Waals surface area contributed by atoms with Gasteiger partial charge in [0.15, 0.2) is 0 Å². The number of alkyl halides is 9. The fourth-order valence-electron chi connectivity index (χ4n) is 1.47. The van der Waals surface area contributed by atoms with Gasteiger partial charge in [0.25, 0.3) is 5.78 Å². The molecule has 0 aliphatic rings. The molecular weight excluding hydrogens is 347 g/mol. The molecule has 11 heteroatoms. The fraction of sp³-hybridized carbons (Fsp3) is 0.250. The molecule has 0 spiro atoms. The Kier molecular flexibility index (Phi) is 4.74. The maximum absolute atomic E-state index is 12.6. The standard InChI is InChI=1S/C12H5F9O2/c13-10(14,15)6-2-1-5(3-7(6)11(16,17)18)8(22)4-9(23)12(19,20)21/h1-4,22H/b8-4-. The van der Waals surface area contributed by atoms with Crippen molar-refractivity contribution in [3.63, 3.8) is 0 Å². The number of carbonyl (C=O) groups is 1. The van der Waals surface area contributed by atoms with Crippen LogP contribution in [0.2, 0.25) is 0 Å². The zero-order chi connectivity index (χ0) is 18.2. The maximum Gasteiger partial charge on any atom is 0.454 e. The lowest BCUT2D eigenvalue weighted by atomic mass is 10.0. The molecule has 2 nitrogen and oxygen atoms in total. The average Bonchev–Trinajstić information content (AvgIpc) is 2.34. The van der Waals surface area contributed by atoms with Crippen molar-refractivity contribution in [1.29, 1.82) is 0 Å². The number of allylic oxidation sites excluding steroid dienone is 1. The lowest BCUT2D eigenvalue weighted by molar-refractivity contribution is -0.165. The van der Waals surface area contributed by atoms with E-state index in [1.807, 2.05) is 0 Å². The Morgan fingerprint density at radius 2 is 1.35 bits per heavy atom. The van der Waals surface area contributed by atoms with E-state index >= 15 is 0 Å². The summed E-state index contributed by atoms with van der Waals surface area (Å²) < 4.78 is 111. The summed E-state index contributed by atoms with van der Waals surface area (Å²) in [5.74, 6) is -4.13. The minimum Gasteiger partial charge on any atom is -0.507 e. The average molecular weight is 352 g/mol. The minimum atomic E-state index is -5.48. The van der Waals surface area contributed by atoms with Gasteiger partial charge in [0.2, 0.25) is 0 Å². The van der Waals surface area contributed by atoms with Crippen molar-refractivity contribution < 1.29 is 49.4 Å². The van der Waals surface area contributed by atoms with Gasteiger partial charge in [0, 0.05) is 11.6 Å². The lowest BCUT2D eigenvalue weighted by Crippen LogP contribution is -2.20. The molecule has 1 aromatic carbocycles. The Bertz CT molecular complexity index is 635. The summed E-state index contributed by atoms with van der Waals surface area (Å²) in [6, 6.07) is 0.0617. The van der Waals surface area contributed by atoms with Crippen molar-refractivity contribution in [2.24, 2.45) is 0 Å². The number of rotatable bonds is 2. The summed E-state index contributed by atoms with van der Waals surface area (Å²) in [4.78, 5) is 10.6. The molecule has 0 aliphatic heterocycles. The number of benzene rings is 1. The van der Waals surface area contributed by atoms with Crippen LogP contribution in [0.15, 0.2) is 24.3 Å². The molecule has 0 saturated carbocycles. The van der Waals surface area contributed by atoms with E-state index in [1.165, 1.54) is 0 Å². The first-order valence-electron chi connectivity index (χ1n) is 5.44. The summed E-state index contributed by atoms with van der Waals surface area (Å²) in [6.45, 7) is 0. The first kappa shape index (κ1) is 18.8. The molecule has 23 heavy (non-hydrogen) atoms. The highest BCUT2D eigenvalue weighted by molar-refractivity contribution is 5.99. The number of aliphatic hydroxyl groups excluding tert-OH is 1. The Morgan fingerprint density at radius 3 is 1.74 bits per heavy atom. The predicted octanol–water partition coefficient (Wildman–Crippen LogP) is 4.75. The van der Waals surface area contributed by atoms with Crippen LogP contribution < -0.4 is 0 Å². The Morgan fingerprint density at radius 1 is 0.870 bits per heavy atom. The topological polar surface area (TPSA) is 37.3 Å². The van der Waals surface area contributed by atoms with Gasteiger partial charge in [0.1, 0.15) is 5.76 Å².